The van der Waals surface area contributed by atoms with Crippen LogP contribution in [0.3, 0.4) is 0 Å². The average molecular weight is 232 g/mol. The molecule has 0 spiro atoms. The fourth-order valence-corrected chi connectivity index (χ4v) is 1.06. The number of alkyl halides is 3. The molecule has 0 aromatic heterocycles. The molecule has 1 aromatic rings. The Balaban J connectivity index is 2.62. The van der Waals surface area contributed by atoms with Gasteiger partial charge in [-0.3, -0.25) is 4.79 Å². The van der Waals surface area contributed by atoms with E-state index in [1.165, 1.54) is 12.1 Å². The van der Waals surface area contributed by atoms with Crippen LogP contribution in [-0.4, -0.2) is 5.97 Å². The van der Waals surface area contributed by atoms with Crippen molar-refractivity contribution in [3.05, 3.63) is 35.4 Å². The minimum absolute atomic E-state index is 0.00477. The minimum Gasteiger partial charge on any atom is -0.461 e. The van der Waals surface area contributed by atoms with Gasteiger partial charge in [0.05, 0.1) is 5.56 Å². The monoisotopic (exact) mass is 232 g/mol. The lowest BCUT2D eigenvalue weighted by Crippen LogP contribution is -2.06. The van der Waals surface area contributed by atoms with E-state index in [4.69, 9.17) is 4.74 Å². The van der Waals surface area contributed by atoms with E-state index in [-0.39, 0.29) is 19.0 Å². The molecule has 2 nitrogen and oxygen atoms in total. The number of carbonyl (C=O) groups excluding carboxylic acids is 1. The highest BCUT2D eigenvalue weighted by molar-refractivity contribution is 5.68. The van der Waals surface area contributed by atoms with Crippen molar-refractivity contribution in [2.45, 2.75) is 26.1 Å². The van der Waals surface area contributed by atoms with Crippen molar-refractivity contribution in [3.8, 4) is 0 Å². The first-order valence-electron chi connectivity index (χ1n) is 4.75. The molecule has 1 rings (SSSR count). The second-order valence-electron chi connectivity index (χ2n) is 3.21. The van der Waals surface area contributed by atoms with Crippen LogP contribution >= 0.6 is 0 Å². The predicted octanol–water partition coefficient (Wildman–Crippen LogP) is 3.16. The fraction of sp³-hybridized carbons (Fsp3) is 0.364. The van der Waals surface area contributed by atoms with Crippen molar-refractivity contribution < 1.29 is 22.7 Å². The van der Waals surface area contributed by atoms with E-state index in [0.717, 1.165) is 12.1 Å². The zero-order valence-electron chi connectivity index (χ0n) is 8.67. The summed E-state index contributed by atoms with van der Waals surface area (Å²) in [6, 6.07) is 4.53. The van der Waals surface area contributed by atoms with Gasteiger partial charge in [0.25, 0.3) is 0 Å². The van der Waals surface area contributed by atoms with Crippen molar-refractivity contribution in [2.24, 2.45) is 0 Å². The lowest BCUT2D eigenvalue weighted by atomic mass is 10.1. The van der Waals surface area contributed by atoms with Crippen molar-refractivity contribution >= 4 is 5.97 Å². The second kappa shape index (κ2) is 5.01. The topological polar surface area (TPSA) is 26.3 Å². The summed E-state index contributed by atoms with van der Waals surface area (Å²) >= 11 is 0. The second-order valence-corrected chi connectivity index (χ2v) is 3.21. The Labute approximate surface area is 91.0 Å². The summed E-state index contributed by atoms with van der Waals surface area (Å²) in [5.74, 6) is -0.375. The number of esters is 1. The van der Waals surface area contributed by atoms with Gasteiger partial charge in [0.2, 0.25) is 0 Å². The van der Waals surface area contributed by atoms with Gasteiger partial charge in [0.15, 0.2) is 0 Å². The van der Waals surface area contributed by atoms with Gasteiger partial charge in [-0.2, -0.15) is 13.2 Å². The van der Waals surface area contributed by atoms with E-state index < -0.39 is 11.7 Å². The van der Waals surface area contributed by atoms with Crippen LogP contribution in [0.1, 0.15) is 24.5 Å². The molecule has 0 radical (unpaired) electrons. The smallest absolute Gasteiger partial charge is 0.416 e. The number of ether oxygens (including phenoxy) is 1. The fourth-order valence-electron chi connectivity index (χ4n) is 1.06. The molecule has 88 valence electrons. The highest BCUT2D eigenvalue weighted by atomic mass is 19.4. The van der Waals surface area contributed by atoms with Crippen LogP contribution in [0.25, 0.3) is 0 Å². The van der Waals surface area contributed by atoms with Crippen molar-refractivity contribution in [2.75, 3.05) is 0 Å². The third-order valence-electron chi connectivity index (χ3n) is 1.97. The standard InChI is InChI=1S/C11H11F3O2/c1-2-10(15)16-7-8-3-5-9(6-4-8)11(12,13)14/h3-6H,2,7H2,1H3. The Bertz CT molecular complexity index is 354. The maximum absolute atomic E-state index is 12.2. The Kier molecular flexibility index (Phi) is 3.93. The van der Waals surface area contributed by atoms with Gasteiger partial charge in [-0.25, -0.2) is 0 Å². The van der Waals surface area contributed by atoms with Crippen LogP contribution < -0.4 is 0 Å². The zero-order chi connectivity index (χ0) is 12.2. The summed E-state index contributed by atoms with van der Waals surface area (Å²) in [5.41, 5.74) is -0.173. The molecule has 0 unspecified atom stereocenters. The Morgan fingerprint density at radius 2 is 1.81 bits per heavy atom. The quantitative estimate of drug-likeness (QED) is 0.748. The number of hydrogen-bond acceptors (Lipinski definition) is 2. The summed E-state index contributed by atoms with van der Waals surface area (Å²) in [5, 5.41) is 0. The van der Waals surface area contributed by atoms with Crippen LogP contribution in [0.4, 0.5) is 13.2 Å². The highest BCUT2D eigenvalue weighted by Crippen LogP contribution is 2.29. The number of rotatable bonds is 3. The van der Waals surface area contributed by atoms with Crippen LogP contribution in [0.15, 0.2) is 24.3 Å². The van der Waals surface area contributed by atoms with Gasteiger partial charge in [-0.15, -0.1) is 0 Å². The number of carbonyl (C=O) groups is 1. The molecule has 16 heavy (non-hydrogen) atoms. The van der Waals surface area contributed by atoms with Crippen molar-refractivity contribution in [3.63, 3.8) is 0 Å². The van der Waals surface area contributed by atoms with E-state index in [1.807, 2.05) is 0 Å². The summed E-state index contributed by atoms with van der Waals surface area (Å²) in [6.07, 6.45) is -4.08. The van der Waals surface area contributed by atoms with E-state index in [0.29, 0.717) is 5.56 Å². The summed E-state index contributed by atoms with van der Waals surface area (Å²) in [7, 11) is 0. The molecule has 0 heterocycles. The molecule has 0 saturated carbocycles. The number of halogens is 3. The number of hydrogen-bond donors (Lipinski definition) is 0. The SMILES string of the molecule is CCC(=O)OCc1ccc(C(F)(F)F)cc1. The van der Waals surface area contributed by atoms with E-state index in [1.54, 1.807) is 6.92 Å². The third-order valence-corrected chi connectivity index (χ3v) is 1.97. The first-order valence-corrected chi connectivity index (χ1v) is 4.75. The molecule has 0 saturated heterocycles. The molecule has 0 aliphatic carbocycles. The average Bonchev–Trinajstić information content (AvgIpc) is 2.25. The molecule has 1 aromatic carbocycles. The maximum atomic E-state index is 12.2. The Hall–Kier alpha value is -1.52. The van der Waals surface area contributed by atoms with E-state index in [9.17, 15) is 18.0 Å². The van der Waals surface area contributed by atoms with Gasteiger partial charge < -0.3 is 4.74 Å². The molecule has 0 atom stereocenters. The molecule has 0 aliphatic rings. The van der Waals surface area contributed by atoms with Crippen LogP contribution in [0.2, 0.25) is 0 Å². The lowest BCUT2D eigenvalue weighted by Gasteiger charge is -2.07. The molecule has 0 bridgehead atoms. The van der Waals surface area contributed by atoms with Gasteiger partial charge in [-0.1, -0.05) is 19.1 Å². The van der Waals surface area contributed by atoms with Crippen molar-refractivity contribution in [1.29, 1.82) is 0 Å². The third kappa shape index (κ3) is 3.56. The first-order chi connectivity index (χ1) is 7.43. The van der Waals surface area contributed by atoms with Crippen LogP contribution in [0.5, 0.6) is 0 Å². The Morgan fingerprint density at radius 1 is 1.25 bits per heavy atom. The molecular weight excluding hydrogens is 221 g/mol. The molecule has 0 aliphatic heterocycles. The molecular formula is C11H11F3O2. The predicted molar refractivity (Wildman–Crippen MR) is 51.5 cm³/mol. The summed E-state index contributed by atoms with van der Waals surface area (Å²) in [6.45, 7) is 1.65. The zero-order valence-corrected chi connectivity index (χ0v) is 8.67. The Morgan fingerprint density at radius 3 is 2.25 bits per heavy atom. The molecule has 0 fully saturated rings. The van der Waals surface area contributed by atoms with Crippen LogP contribution in [-0.2, 0) is 22.3 Å². The van der Waals surface area contributed by atoms with Crippen LogP contribution in [0, 0.1) is 0 Å². The normalized spacial score (nSPS) is 11.2. The maximum Gasteiger partial charge on any atom is 0.416 e. The number of benzene rings is 1. The first kappa shape index (κ1) is 12.5. The van der Waals surface area contributed by atoms with Gasteiger partial charge >= 0.3 is 12.1 Å². The van der Waals surface area contributed by atoms with E-state index in [2.05, 4.69) is 0 Å². The van der Waals surface area contributed by atoms with Crippen molar-refractivity contribution in [1.82, 2.24) is 0 Å². The van der Waals surface area contributed by atoms with Gasteiger partial charge in [0, 0.05) is 6.42 Å². The highest BCUT2D eigenvalue weighted by Gasteiger charge is 2.29. The van der Waals surface area contributed by atoms with Gasteiger partial charge in [-0.05, 0) is 17.7 Å². The van der Waals surface area contributed by atoms with E-state index >= 15 is 0 Å². The largest absolute Gasteiger partial charge is 0.461 e. The molecule has 5 heteroatoms. The van der Waals surface area contributed by atoms with Gasteiger partial charge in [0.1, 0.15) is 6.61 Å². The molecule has 0 amide bonds. The summed E-state index contributed by atoms with van der Waals surface area (Å²) < 4.78 is 41.4. The minimum atomic E-state index is -4.33. The summed E-state index contributed by atoms with van der Waals surface area (Å²) in [4.78, 5) is 10.8. The lowest BCUT2D eigenvalue weighted by molar-refractivity contribution is -0.144. The molecule has 0 N–H and O–H groups in total.